The van der Waals surface area contributed by atoms with Gasteiger partial charge in [-0.25, -0.2) is 9.78 Å². The molecule has 0 aromatic carbocycles. The van der Waals surface area contributed by atoms with Gasteiger partial charge in [0.25, 0.3) is 0 Å². The predicted octanol–water partition coefficient (Wildman–Crippen LogP) is 1.63. The molecule has 1 N–H and O–H groups in total. The molecule has 0 radical (unpaired) electrons. The van der Waals surface area contributed by atoms with E-state index >= 15 is 0 Å². The van der Waals surface area contributed by atoms with E-state index in [9.17, 15) is 4.79 Å². The van der Waals surface area contributed by atoms with Gasteiger partial charge in [0.2, 0.25) is 0 Å². The minimum atomic E-state index is 0.0748. The fourth-order valence-electron chi connectivity index (χ4n) is 2.70. The van der Waals surface area contributed by atoms with Crippen LogP contribution in [0.2, 0.25) is 0 Å². The monoisotopic (exact) mass is 274 g/mol. The molecule has 2 aliphatic rings. The van der Waals surface area contributed by atoms with Gasteiger partial charge in [0.05, 0.1) is 0 Å². The Hall–Kier alpha value is -1.78. The summed E-state index contributed by atoms with van der Waals surface area (Å²) in [7, 11) is 4.02. The van der Waals surface area contributed by atoms with Gasteiger partial charge >= 0.3 is 6.03 Å². The van der Waals surface area contributed by atoms with Crippen LogP contribution in [-0.2, 0) is 13.0 Å². The minimum absolute atomic E-state index is 0.0748. The summed E-state index contributed by atoms with van der Waals surface area (Å²) in [5, 5.41) is 3.04. The van der Waals surface area contributed by atoms with E-state index in [2.05, 4.69) is 10.3 Å². The first kappa shape index (κ1) is 13.2. The van der Waals surface area contributed by atoms with Gasteiger partial charge in [-0.1, -0.05) is 0 Å². The number of nitrogens with zero attached hydrogens (tertiary/aromatic N) is 3. The molecule has 1 aromatic rings. The van der Waals surface area contributed by atoms with Crippen LogP contribution in [0.3, 0.4) is 0 Å². The average molecular weight is 274 g/mol. The van der Waals surface area contributed by atoms with E-state index in [0.717, 1.165) is 31.2 Å². The molecular formula is C15H22N4O. The second-order valence-electron chi connectivity index (χ2n) is 5.97. The lowest BCUT2D eigenvalue weighted by atomic mass is 10.0. The maximum Gasteiger partial charge on any atom is 0.317 e. The second-order valence-corrected chi connectivity index (χ2v) is 5.97. The smallest absolute Gasteiger partial charge is 0.317 e. The van der Waals surface area contributed by atoms with Crippen molar-refractivity contribution in [1.82, 2.24) is 15.2 Å². The lowest BCUT2D eigenvalue weighted by Crippen LogP contribution is -2.43. The molecule has 0 saturated heterocycles. The van der Waals surface area contributed by atoms with Gasteiger partial charge in [0.1, 0.15) is 5.82 Å². The number of carbonyl (C=O) groups excluding carboxylic acids is 1. The Morgan fingerprint density at radius 1 is 1.50 bits per heavy atom. The summed E-state index contributed by atoms with van der Waals surface area (Å²) in [6, 6.07) is 2.11. The standard InChI is InChI=1S/C15H22N4O/c1-18(2)14-13-6-8-19(10-12(13)5-7-16-14)15(20)17-9-11-3-4-11/h5,7,11H,3-4,6,8-10H2,1-2H3,(H,17,20). The van der Waals surface area contributed by atoms with E-state index in [0.29, 0.717) is 6.54 Å². The zero-order valence-electron chi connectivity index (χ0n) is 12.2. The number of pyridine rings is 1. The third-order valence-electron chi connectivity index (χ3n) is 4.07. The average Bonchev–Trinajstić information content (AvgIpc) is 3.27. The van der Waals surface area contributed by atoms with Gasteiger partial charge < -0.3 is 15.1 Å². The van der Waals surface area contributed by atoms with Crippen molar-refractivity contribution in [2.75, 3.05) is 32.1 Å². The van der Waals surface area contributed by atoms with Crippen LogP contribution < -0.4 is 10.2 Å². The topological polar surface area (TPSA) is 48.5 Å². The van der Waals surface area contributed by atoms with Crippen LogP contribution in [0, 0.1) is 5.92 Å². The highest BCUT2D eigenvalue weighted by Gasteiger charge is 2.26. The molecule has 0 bridgehead atoms. The molecule has 1 aliphatic heterocycles. The Morgan fingerprint density at radius 3 is 3.00 bits per heavy atom. The summed E-state index contributed by atoms with van der Waals surface area (Å²) >= 11 is 0. The number of hydrogen-bond donors (Lipinski definition) is 1. The van der Waals surface area contributed by atoms with Crippen LogP contribution in [0.5, 0.6) is 0 Å². The molecule has 20 heavy (non-hydrogen) atoms. The third-order valence-corrected chi connectivity index (χ3v) is 4.07. The molecule has 0 unspecified atom stereocenters. The highest BCUT2D eigenvalue weighted by Crippen LogP contribution is 2.28. The number of aromatic nitrogens is 1. The number of hydrogen-bond acceptors (Lipinski definition) is 3. The molecule has 5 heteroatoms. The van der Waals surface area contributed by atoms with Crippen molar-refractivity contribution in [3.63, 3.8) is 0 Å². The van der Waals surface area contributed by atoms with Crippen LogP contribution in [0.15, 0.2) is 12.3 Å². The minimum Gasteiger partial charge on any atom is -0.363 e. The van der Waals surface area contributed by atoms with E-state index < -0.39 is 0 Å². The van der Waals surface area contributed by atoms with Crippen LogP contribution in [-0.4, -0.2) is 43.1 Å². The van der Waals surface area contributed by atoms with E-state index in [1.165, 1.54) is 24.0 Å². The van der Waals surface area contributed by atoms with Crippen molar-refractivity contribution in [2.45, 2.75) is 25.8 Å². The highest BCUT2D eigenvalue weighted by molar-refractivity contribution is 5.74. The van der Waals surface area contributed by atoms with Crippen molar-refractivity contribution >= 4 is 11.8 Å². The van der Waals surface area contributed by atoms with Crippen molar-refractivity contribution < 1.29 is 4.79 Å². The molecule has 1 aromatic heterocycles. The molecule has 0 atom stereocenters. The maximum atomic E-state index is 12.1. The van der Waals surface area contributed by atoms with Crippen molar-refractivity contribution in [3.05, 3.63) is 23.4 Å². The largest absolute Gasteiger partial charge is 0.363 e. The van der Waals surface area contributed by atoms with Gasteiger partial charge in [0.15, 0.2) is 0 Å². The summed E-state index contributed by atoms with van der Waals surface area (Å²) in [5.74, 6) is 1.75. The van der Waals surface area contributed by atoms with Crippen LogP contribution in [0.4, 0.5) is 10.6 Å². The molecular weight excluding hydrogens is 252 g/mol. The van der Waals surface area contributed by atoms with Crippen LogP contribution in [0.1, 0.15) is 24.0 Å². The molecule has 1 fully saturated rings. The number of urea groups is 1. The van der Waals surface area contributed by atoms with Gasteiger partial charge in [-0.2, -0.15) is 0 Å². The van der Waals surface area contributed by atoms with Gasteiger partial charge in [-0.15, -0.1) is 0 Å². The van der Waals surface area contributed by atoms with Gasteiger partial charge in [-0.3, -0.25) is 0 Å². The van der Waals surface area contributed by atoms with Crippen LogP contribution in [0.25, 0.3) is 0 Å². The zero-order chi connectivity index (χ0) is 14.1. The summed E-state index contributed by atoms with van der Waals surface area (Å²) in [6.07, 6.45) is 5.25. The summed E-state index contributed by atoms with van der Waals surface area (Å²) in [5.41, 5.74) is 2.50. The maximum absolute atomic E-state index is 12.1. The first-order valence-corrected chi connectivity index (χ1v) is 7.32. The molecule has 108 valence electrons. The lowest BCUT2D eigenvalue weighted by molar-refractivity contribution is 0.192. The number of nitrogens with one attached hydrogen (secondary N) is 1. The Labute approximate surface area is 120 Å². The van der Waals surface area contributed by atoms with Gasteiger partial charge in [0, 0.05) is 45.5 Å². The number of carbonyl (C=O) groups is 1. The molecule has 2 heterocycles. The summed E-state index contributed by atoms with van der Waals surface area (Å²) in [6.45, 7) is 2.30. The Balaban J connectivity index is 1.68. The second kappa shape index (κ2) is 5.31. The van der Waals surface area contributed by atoms with Gasteiger partial charge in [-0.05, 0) is 36.8 Å². The van der Waals surface area contributed by atoms with Crippen molar-refractivity contribution in [3.8, 4) is 0 Å². The quantitative estimate of drug-likeness (QED) is 0.911. The Bertz CT molecular complexity index is 511. The number of rotatable bonds is 3. The van der Waals surface area contributed by atoms with Crippen LogP contribution >= 0.6 is 0 Å². The third kappa shape index (κ3) is 2.71. The molecule has 0 spiro atoms. The predicted molar refractivity (Wildman–Crippen MR) is 78.8 cm³/mol. The molecule has 1 aliphatic carbocycles. The summed E-state index contributed by atoms with van der Waals surface area (Å²) < 4.78 is 0. The first-order chi connectivity index (χ1) is 9.65. The Morgan fingerprint density at radius 2 is 2.30 bits per heavy atom. The molecule has 2 amide bonds. The summed E-state index contributed by atoms with van der Waals surface area (Å²) in [4.78, 5) is 20.5. The van der Waals surface area contributed by atoms with Crippen molar-refractivity contribution in [2.24, 2.45) is 5.92 Å². The van der Waals surface area contributed by atoms with E-state index in [-0.39, 0.29) is 6.03 Å². The number of amides is 2. The van der Waals surface area contributed by atoms with Crippen molar-refractivity contribution in [1.29, 1.82) is 0 Å². The normalized spacial score (nSPS) is 17.6. The van der Waals surface area contributed by atoms with E-state index in [4.69, 9.17) is 0 Å². The van der Waals surface area contributed by atoms with E-state index in [1.54, 1.807) is 0 Å². The zero-order valence-corrected chi connectivity index (χ0v) is 12.2. The lowest BCUT2D eigenvalue weighted by Gasteiger charge is -2.31. The molecule has 3 rings (SSSR count). The number of fused-ring (bicyclic) bond motifs is 1. The number of anilines is 1. The first-order valence-electron chi connectivity index (χ1n) is 7.32. The fourth-order valence-corrected chi connectivity index (χ4v) is 2.70. The molecule has 1 saturated carbocycles. The molecule has 5 nitrogen and oxygen atoms in total. The SMILES string of the molecule is CN(C)c1nccc2c1CCN(C(=O)NCC1CC1)C2. The fraction of sp³-hybridized carbons (Fsp3) is 0.600. The Kier molecular flexibility index (Phi) is 3.51. The highest BCUT2D eigenvalue weighted by atomic mass is 16.2. The van der Waals surface area contributed by atoms with E-state index in [1.807, 2.05) is 36.2 Å².